The number of carbonyl (C=O) groups is 3. The Balaban J connectivity index is 1.68. The van der Waals surface area contributed by atoms with Gasteiger partial charge in [-0.2, -0.15) is 0 Å². The largest absolute Gasteiger partial charge is 0.341 e. The van der Waals surface area contributed by atoms with Gasteiger partial charge in [-0.05, 0) is 25.0 Å². The summed E-state index contributed by atoms with van der Waals surface area (Å²) in [6.07, 6.45) is 1.90. The number of likely N-dealkylation sites (tertiary alicyclic amines) is 1. The van der Waals surface area contributed by atoms with Crippen molar-refractivity contribution in [2.24, 2.45) is 5.92 Å². The number of nitrogens with zero attached hydrogens (tertiary/aromatic N) is 2. The fourth-order valence-electron chi connectivity index (χ4n) is 3.02. The molecule has 0 radical (unpaired) electrons. The average molecular weight is 286 g/mol. The first-order valence-corrected chi connectivity index (χ1v) is 7.33. The minimum absolute atomic E-state index is 0.0425. The summed E-state index contributed by atoms with van der Waals surface area (Å²) in [5, 5.41) is 0. The molecule has 3 rings (SSSR count). The fraction of sp³-hybridized carbons (Fsp3) is 0.438. The lowest BCUT2D eigenvalue weighted by Gasteiger charge is -2.31. The summed E-state index contributed by atoms with van der Waals surface area (Å²) in [4.78, 5) is 39.5. The van der Waals surface area contributed by atoms with E-state index in [-0.39, 0.29) is 30.2 Å². The van der Waals surface area contributed by atoms with Crippen molar-refractivity contribution < 1.29 is 14.4 Å². The average Bonchev–Trinajstić information content (AvgIpc) is 2.73. The zero-order valence-corrected chi connectivity index (χ0v) is 12.0. The molecule has 3 amide bonds. The minimum atomic E-state index is -0.256. The van der Waals surface area contributed by atoms with Crippen molar-refractivity contribution in [1.82, 2.24) is 9.80 Å². The molecule has 2 aliphatic heterocycles. The van der Waals surface area contributed by atoms with Crippen LogP contribution in [0.1, 0.15) is 40.5 Å². The third kappa shape index (κ3) is 2.33. The summed E-state index contributed by atoms with van der Waals surface area (Å²) in [5.74, 6) is -0.347. The van der Waals surface area contributed by atoms with Crippen molar-refractivity contribution in [2.45, 2.75) is 19.8 Å². The van der Waals surface area contributed by atoms with Crippen LogP contribution in [0, 0.1) is 5.92 Å². The molecule has 1 unspecified atom stereocenters. The summed E-state index contributed by atoms with van der Waals surface area (Å²) in [6.45, 7) is 3.34. The van der Waals surface area contributed by atoms with Crippen LogP contribution in [0.2, 0.25) is 0 Å². The van der Waals surface area contributed by atoms with Gasteiger partial charge in [0.05, 0.1) is 11.1 Å². The van der Waals surface area contributed by atoms with Crippen molar-refractivity contribution in [3.05, 3.63) is 35.4 Å². The van der Waals surface area contributed by atoms with Crippen LogP contribution in [0.3, 0.4) is 0 Å². The molecule has 0 bridgehead atoms. The molecule has 1 atom stereocenters. The molecule has 1 aromatic rings. The number of carbonyl (C=O) groups excluding carboxylic acids is 3. The Labute approximate surface area is 123 Å². The van der Waals surface area contributed by atoms with E-state index < -0.39 is 0 Å². The standard InChI is InChI=1S/C16H18N2O3/c1-11-5-4-8-17(14(11)19)9-10-18-15(20)12-6-2-3-7-13(12)16(18)21/h2-3,6-7,11H,4-5,8-10H2,1H3. The van der Waals surface area contributed by atoms with E-state index in [0.29, 0.717) is 24.2 Å². The predicted molar refractivity (Wildman–Crippen MR) is 76.8 cm³/mol. The predicted octanol–water partition coefficient (Wildman–Crippen LogP) is 1.54. The summed E-state index contributed by atoms with van der Waals surface area (Å²) in [7, 11) is 0. The molecule has 5 heteroatoms. The van der Waals surface area contributed by atoms with Gasteiger partial charge in [0.1, 0.15) is 0 Å². The third-order valence-electron chi connectivity index (χ3n) is 4.27. The van der Waals surface area contributed by atoms with Gasteiger partial charge >= 0.3 is 0 Å². The highest BCUT2D eigenvalue weighted by molar-refractivity contribution is 6.21. The van der Waals surface area contributed by atoms with Crippen molar-refractivity contribution in [1.29, 1.82) is 0 Å². The van der Waals surface area contributed by atoms with Crippen LogP contribution >= 0.6 is 0 Å². The van der Waals surface area contributed by atoms with Gasteiger partial charge in [-0.1, -0.05) is 19.1 Å². The zero-order valence-electron chi connectivity index (χ0n) is 12.0. The lowest BCUT2D eigenvalue weighted by atomic mass is 9.99. The Kier molecular flexibility index (Phi) is 3.49. The maximum absolute atomic E-state index is 12.2. The van der Waals surface area contributed by atoms with E-state index in [2.05, 4.69) is 0 Å². The number of piperidine rings is 1. The van der Waals surface area contributed by atoms with Gasteiger partial charge in [0, 0.05) is 25.6 Å². The van der Waals surface area contributed by atoms with E-state index >= 15 is 0 Å². The summed E-state index contributed by atoms with van der Waals surface area (Å²) in [5.41, 5.74) is 0.918. The quantitative estimate of drug-likeness (QED) is 0.792. The molecule has 1 aromatic carbocycles. The summed E-state index contributed by atoms with van der Waals surface area (Å²) < 4.78 is 0. The van der Waals surface area contributed by atoms with Gasteiger partial charge in [0.25, 0.3) is 11.8 Å². The maximum Gasteiger partial charge on any atom is 0.261 e. The number of imide groups is 1. The molecular weight excluding hydrogens is 268 g/mol. The first-order valence-electron chi connectivity index (χ1n) is 7.33. The molecule has 1 saturated heterocycles. The van der Waals surface area contributed by atoms with Crippen LogP contribution < -0.4 is 0 Å². The molecule has 1 fully saturated rings. The van der Waals surface area contributed by atoms with Crippen LogP contribution in [-0.2, 0) is 4.79 Å². The Hall–Kier alpha value is -2.17. The van der Waals surface area contributed by atoms with E-state index in [0.717, 1.165) is 12.8 Å². The van der Waals surface area contributed by atoms with Crippen LogP contribution in [0.5, 0.6) is 0 Å². The van der Waals surface area contributed by atoms with Gasteiger partial charge in [-0.15, -0.1) is 0 Å². The van der Waals surface area contributed by atoms with Crippen molar-refractivity contribution in [3.63, 3.8) is 0 Å². The first kappa shape index (κ1) is 13.8. The highest BCUT2D eigenvalue weighted by Crippen LogP contribution is 2.23. The lowest BCUT2D eigenvalue weighted by Crippen LogP contribution is -2.45. The molecular formula is C16H18N2O3. The normalized spacial score (nSPS) is 22.0. The van der Waals surface area contributed by atoms with Crippen molar-refractivity contribution >= 4 is 17.7 Å². The summed E-state index contributed by atoms with van der Waals surface area (Å²) >= 11 is 0. The second-order valence-corrected chi connectivity index (χ2v) is 5.68. The smallest absolute Gasteiger partial charge is 0.261 e. The highest BCUT2D eigenvalue weighted by Gasteiger charge is 2.35. The molecule has 0 aliphatic carbocycles. The second-order valence-electron chi connectivity index (χ2n) is 5.68. The number of rotatable bonds is 3. The molecule has 0 saturated carbocycles. The fourth-order valence-corrected chi connectivity index (χ4v) is 3.02. The molecule has 2 aliphatic rings. The minimum Gasteiger partial charge on any atom is -0.341 e. The van der Waals surface area contributed by atoms with E-state index in [9.17, 15) is 14.4 Å². The topological polar surface area (TPSA) is 57.7 Å². The zero-order chi connectivity index (χ0) is 15.0. The molecule has 5 nitrogen and oxygen atoms in total. The van der Waals surface area contributed by atoms with E-state index in [1.54, 1.807) is 29.2 Å². The Morgan fingerprint density at radius 1 is 1.05 bits per heavy atom. The van der Waals surface area contributed by atoms with E-state index in [4.69, 9.17) is 0 Å². The van der Waals surface area contributed by atoms with Gasteiger partial charge in [-0.25, -0.2) is 0 Å². The number of fused-ring (bicyclic) bond motifs is 1. The number of hydrogen-bond donors (Lipinski definition) is 0. The van der Waals surface area contributed by atoms with Gasteiger partial charge in [-0.3, -0.25) is 19.3 Å². The highest BCUT2D eigenvalue weighted by atomic mass is 16.2. The Bertz CT molecular complexity index is 576. The van der Waals surface area contributed by atoms with Crippen LogP contribution in [0.25, 0.3) is 0 Å². The molecule has 0 N–H and O–H groups in total. The number of amides is 3. The third-order valence-corrected chi connectivity index (χ3v) is 4.27. The first-order chi connectivity index (χ1) is 10.1. The Morgan fingerprint density at radius 3 is 2.29 bits per heavy atom. The SMILES string of the molecule is CC1CCCN(CCN2C(=O)c3ccccc3C2=O)C1=O. The van der Waals surface area contributed by atoms with Gasteiger partial charge in [0.2, 0.25) is 5.91 Å². The summed E-state index contributed by atoms with van der Waals surface area (Å²) in [6, 6.07) is 6.85. The van der Waals surface area contributed by atoms with E-state index in [1.165, 1.54) is 4.90 Å². The van der Waals surface area contributed by atoms with Gasteiger partial charge in [0.15, 0.2) is 0 Å². The lowest BCUT2D eigenvalue weighted by molar-refractivity contribution is -0.137. The Morgan fingerprint density at radius 2 is 1.67 bits per heavy atom. The van der Waals surface area contributed by atoms with Crippen LogP contribution in [-0.4, -0.2) is 47.2 Å². The van der Waals surface area contributed by atoms with E-state index in [1.807, 2.05) is 6.92 Å². The molecule has 0 aromatic heterocycles. The molecule has 2 heterocycles. The second kappa shape index (κ2) is 5.31. The monoisotopic (exact) mass is 286 g/mol. The van der Waals surface area contributed by atoms with Crippen LogP contribution in [0.15, 0.2) is 24.3 Å². The van der Waals surface area contributed by atoms with Crippen LogP contribution in [0.4, 0.5) is 0 Å². The molecule has 110 valence electrons. The molecule has 21 heavy (non-hydrogen) atoms. The number of benzene rings is 1. The maximum atomic E-state index is 12.2. The van der Waals surface area contributed by atoms with Gasteiger partial charge < -0.3 is 4.90 Å². The number of hydrogen-bond acceptors (Lipinski definition) is 3. The van der Waals surface area contributed by atoms with Crippen molar-refractivity contribution in [2.75, 3.05) is 19.6 Å². The van der Waals surface area contributed by atoms with Crippen molar-refractivity contribution in [3.8, 4) is 0 Å². The molecule has 0 spiro atoms.